The molecule has 118 valence electrons. The summed E-state index contributed by atoms with van der Waals surface area (Å²) in [4.78, 5) is 11.9. The lowest BCUT2D eigenvalue weighted by atomic mass is 10.3. The normalized spacial score (nSPS) is 12.0. The average molecular weight is 375 g/mol. The van der Waals surface area contributed by atoms with Crippen LogP contribution in [0.1, 0.15) is 36.6 Å². The summed E-state index contributed by atoms with van der Waals surface area (Å²) in [5, 5.41) is 11.5. The van der Waals surface area contributed by atoms with Gasteiger partial charge in [0.1, 0.15) is 11.4 Å². The Hall–Kier alpha value is -2.10. The molecule has 0 aliphatic rings. The molecule has 0 atom stereocenters. The number of aryl methyl sites for hydroxylation is 1. The number of hydrogen-bond acceptors (Lipinski definition) is 4. The Kier molecular flexibility index (Phi) is 5.01. The van der Waals surface area contributed by atoms with E-state index in [2.05, 4.69) is 36.7 Å². The lowest BCUT2D eigenvalue weighted by Crippen LogP contribution is -2.23. The zero-order valence-electron chi connectivity index (χ0n) is 11.8. The molecule has 22 heavy (non-hydrogen) atoms. The molecule has 2 rings (SSSR count). The van der Waals surface area contributed by atoms with E-state index in [1.807, 2.05) is 6.92 Å². The molecule has 7 nitrogen and oxygen atoms in total. The van der Waals surface area contributed by atoms with E-state index in [-0.39, 0.29) is 5.69 Å². The second kappa shape index (κ2) is 6.77. The number of carbonyl (C=O) groups is 1. The molecule has 0 bridgehead atoms. The molecule has 0 unspecified atom stereocenters. The quantitative estimate of drug-likeness (QED) is 0.644. The molecule has 0 saturated heterocycles. The van der Waals surface area contributed by atoms with Gasteiger partial charge >= 0.3 is 6.55 Å². The van der Waals surface area contributed by atoms with Gasteiger partial charge in [-0.2, -0.15) is 28.8 Å². The fourth-order valence-electron chi connectivity index (χ4n) is 1.70. The third-order valence-corrected chi connectivity index (χ3v) is 3.38. The van der Waals surface area contributed by atoms with E-state index >= 15 is 0 Å². The van der Waals surface area contributed by atoms with Crippen molar-refractivity contribution < 1.29 is 13.6 Å². The van der Waals surface area contributed by atoms with Gasteiger partial charge in [-0.25, -0.2) is 5.43 Å². The summed E-state index contributed by atoms with van der Waals surface area (Å²) < 4.78 is 28.0. The Morgan fingerprint density at radius 2 is 2.27 bits per heavy atom. The molecule has 0 aliphatic carbocycles. The number of aromatic nitrogens is 4. The van der Waals surface area contributed by atoms with Gasteiger partial charge in [0, 0.05) is 18.9 Å². The Balaban J connectivity index is 2.14. The van der Waals surface area contributed by atoms with Crippen LogP contribution in [-0.2, 0) is 6.54 Å². The van der Waals surface area contributed by atoms with Crippen LogP contribution in [0.5, 0.6) is 0 Å². The van der Waals surface area contributed by atoms with Gasteiger partial charge in [-0.1, -0.05) is 0 Å². The molecule has 2 aromatic heterocycles. The number of hydrogen-bond donors (Lipinski definition) is 1. The monoisotopic (exact) mass is 374 g/mol. The van der Waals surface area contributed by atoms with Crippen molar-refractivity contribution in [2.75, 3.05) is 0 Å². The molecule has 0 saturated carbocycles. The number of hydrazone groups is 1. The van der Waals surface area contributed by atoms with Crippen molar-refractivity contribution in [1.29, 1.82) is 0 Å². The molecular formula is C12H13BrF2N6O. The summed E-state index contributed by atoms with van der Waals surface area (Å²) in [7, 11) is 0. The minimum absolute atomic E-state index is 0.273. The maximum absolute atomic E-state index is 12.6. The second-order valence-electron chi connectivity index (χ2n) is 4.26. The predicted octanol–water partition coefficient (Wildman–Crippen LogP) is 2.41. The second-order valence-corrected chi connectivity index (χ2v) is 5.11. The third-order valence-electron chi connectivity index (χ3n) is 2.80. The molecule has 0 aromatic carbocycles. The van der Waals surface area contributed by atoms with Crippen molar-refractivity contribution in [3.05, 3.63) is 34.3 Å². The molecule has 10 heteroatoms. The molecule has 2 heterocycles. The number of alkyl halides is 2. The van der Waals surface area contributed by atoms with E-state index in [9.17, 15) is 13.6 Å². The highest BCUT2D eigenvalue weighted by Gasteiger charge is 2.18. The highest BCUT2D eigenvalue weighted by atomic mass is 79.9. The minimum atomic E-state index is -2.89. The topological polar surface area (TPSA) is 77.1 Å². The van der Waals surface area contributed by atoms with Gasteiger partial charge in [-0.3, -0.25) is 9.48 Å². The number of halogens is 3. The molecule has 1 amide bonds. The van der Waals surface area contributed by atoms with Gasteiger partial charge in [0.25, 0.3) is 5.91 Å². The van der Waals surface area contributed by atoms with Gasteiger partial charge in [0.05, 0.1) is 10.2 Å². The van der Waals surface area contributed by atoms with E-state index in [1.165, 1.54) is 6.07 Å². The first kappa shape index (κ1) is 16.3. The first-order chi connectivity index (χ1) is 10.4. The smallest absolute Gasteiger partial charge is 0.271 e. The molecule has 2 aromatic rings. The largest absolute Gasteiger partial charge is 0.333 e. The van der Waals surface area contributed by atoms with Gasteiger partial charge in [-0.15, -0.1) is 0 Å². The Labute approximate surface area is 133 Å². The Bertz CT molecular complexity index is 708. The van der Waals surface area contributed by atoms with Gasteiger partial charge in [0.15, 0.2) is 0 Å². The van der Waals surface area contributed by atoms with Crippen molar-refractivity contribution >= 4 is 27.5 Å². The van der Waals surface area contributed by atoms with E-state index in [4.69, 9.17) is 0 Å². The Morgan fingerprint density at radius 1 is 1.55 bits per heavy atom. The first-order valence-electron chi connectivity index (χ1n) is 6.33. The average Bonchev–Trinajstić information content (AvgIpc) is 3.10. The van der Waals surface area contributed by atoms with Gasteiger partial charge in [-0.05, 0) is 35.8 Å². The molecule has 1 N–H and O–H groups in total. The zero-order chi connectivity index (χ0) is 16.3. The van der Waals surface area contributed by atoms with Crippen LogP contribution in [0.4, 0.5) is 8.78 Å². The SMILES string of the molecule is CCn1cc(Br)c(/C(C)=N\NC(=O)c2ccnn2C(F)F)n1. The van der Waals surface area contributed by atoms with Crippen LogP contribution in [0.3, 0.4) is 0 Å². The molecular weight excluding hydrogens is 362 g/mol. The fourth-order valence-corrected chi connectivity index (χ4v) is 2.30. The molecule has 0 fully saturated rings. The van der Waals surface area contributed by atoms with Gasteiger partial charge in [0.2, 0.25) is 0 Å². The van der Waals surface area contributed by atoms with Crippen molar-refractivity contribution in [3.8, 4) is 0 Å². The third kappa shape index (κ3) is 3.38. The summed E-state index contributed by atoms with van der Waals surface area (Å²) in [6.07, 6.45) is 2.90. The maximum Gasteiger partial charge on any atom is 0.333 e. The highest BCUT2D eigenvalue weighted by Crippen LogP contribution is 2.16. The summed E-state index contributed by atoms with van der Waals surface area (Å²) in [6, 6.07) is 1.19. The van der Waals surface area contributed by atoms with Crippen LogP contribution in [0.2, 0.25) is 0 Å². The van der Waals surface area contributed by atoms with Crippen molar-refractivity contribution in [2.24, 2.45) is 5.10 Å². The summed E-state index contributed by atoms with van der Waals surface area (Å²) in [5.41, 5.74) is 2.94. The van der Waals surface area contributed by atoms with E-state index in [0.717, 1.165) is 10.7 Å². The van der Waals surface area contributed by atoms with Crippen molar-refractivity contribution in [1.82, 2.24) is 25.0 Å². The van der Waals surface area contributed by atoms with Gasteiger partial charge < -0.3 is 0 Å². The highest BCUT2D eigenvalue weighted by molar-refractivity contribution is 9.10. The predicted molar refractivity (Wildman–Crippen MR) is 78.8 cm³/mol. The number of amides is 1. The van der Waals surface area contributed by atoms with Crippen LogP contribution >= 0.6 is 15.9 Å². The maximum atomic E-state index is 12.6. The number of nitrogens with one attached hydrogen (secondary N) is 1. The van der Waals surface area contributed by atoms with Crippen LogP contribution < -0.4 is 5.43 Å². The molecule has 0 radical (unpaired) electrons. The first-order valence-corrected chi connectivity index (χ1v) is 7.13. The lowest BCUT2D eigenvalue weighted by Gasteiger charge is -2.05. The number of nitrogens with zero attached hydrogens (tertiary/aromatic N) is 5. The molecule has 0 aliphatic heterocycles. The summed E-state index contributed by atoms with van der Waals surface area (Å²) in [5.74, 6) is -0.775. The van der Waals surface area contributed by atoms with E-state index in [0.29, 0.717) is 22.6 Å². The fraction of sp³-hybridized carbons (Fsp3) is 0.333. The van der Waals surface area contributed by atoms with Crippen LogP contribution in [0, 0.1) is 0 Å². The van der Waals surface area contributed by atoms with Crippen LogP contribution in [0.15, 0.2) is 28.0 Å². The Morgan fingerprint density at radius 3 is 2.86 bits per heavy atom. The standard InChI is InChI=1S/C12H13BrF2N6O/c1-3-20-6-8(13)10(19-20)7(2)17-18-11(22)9-4-5-16-21(9)12(14)15/h4-6,12H,3H2,1-2H3,(H,18,22)/b17-7-. The molecule has 0 spiro atoms. The number of rotatable bonds is 5. The van der Waals surface area contributed by atoms with E-state index < -0.39 is 12.5 Å². The zero-order valence-corrected chi connectivity index (χ0v) is 13.4. The van der Waals surface area contributed by atoms with Crippen molar-refractivity contribution in [3.63, 3.8) is 0 Å². The van der Waals surface area contributed by atoms with Crippen LogP contribution in [0.25, 0.3) is 0 Å². The van der Waals surface area contributed by atoms with Crippen LogP contribution in [-0.4, -0.2) is 31.2 Å². The summed E-state index contributed by atoms with van der Waals surface area (Å²) in [6.45, 7) is 1.38. The van der Waals surface area contributed by atoms with E-state index in [1.54, 1.807) is 17.8 Å². The summed E-state index contributed by atoms with van der Waals surface area (Å²) >= 11 is 3.34. The number of carbonyl (C=O) groups excluding carboxylic acids is 1. The van der Waals surface area contributed by atoms with Crippen molar-refractivity contribution in [2.45, 2.75) is 26.9 Å². The minimum Gasteiger partial charge on any atom is -0.271 e. The lowest BCUT2D eigenvalue weighted by molar-refractivity contribution is 0.0510.